The highest BCUT2D eigenvalue weighted by Gasteiger charge is 2.50. The Morgan fingerprint density at radius 1 is 1.04 bits per heavy atom. The summed E-state index contributed by atoms with van der Waals surface area (Å²) >= 11 is 0. The Morgan fingerprint density at radius 2 is 1.79 bits per heavy atom. The molecule has 1 amide bonds. The van der Waals surface area contributed by atoms with Gasteiger partial charge in [0.1, 0.15) is 12.4 Å². The Bertz CT molecular complexity index is 1900. The van der Waals surface area contributed by atoms with Crippen LogP contribution < -0.4 is 10.3 Å². The van der Waals surface area contributed by atoms with Crippen molar-refractivity contribution >= 4 is 28.9 Å². The van der Waals surface area contributed by atoms with Gasteiger partial charge in [-0.1, -0.05) is 26.8 Å². The van der Waals surface area contributed by atoms with Gasteiger partial charge in [-0.3, -0.25) is 4.79 Å². The van der Waals surface area contributed by atoms with Crippen LogP contribution in [-0.4, -0.2) is 69.6 Å². The number of aromatic nitrogens is 2. The van der Waals surface area contributed by atoms with Crippen LogP contribution in [0.2, 0.25) is 0 Å². The minimum Gasteiger partial charge on any atom is -0.457 e. The van der Waals surface area contributed by atoms with Crippen LogP contribution in [0.25, 0.3) is 22.3 Å². The molecule has 1 aromatic carbocycles. The maximum atomic E-state index is 14.0. The number of hydrogen-bond donors (Lipinski definition) is 0. The maximum Gasteiger partial charge on any atom is 0.415 e. The summed E-state index contributed by atoms with van der Waals surface area (Å²) in [7, 11) is 0. The average Bonchev–Trinajstić information content (AvgIpc) is 3.47. The lowest BCUT2D eigenvalue weighted by molar-refractivity contribution is -0.187. The van der Waals surface area contributed by atoms with E-state index in [9.17, 15) is 19.2 Å². The number of fused-ring (bicyclic) bond motifs is 5. The zero-order valence-electron chi connectivity index (χ0n) is 27.9. The number of nitrogens with zero attached hydrogens (tertiary/aromatic N) is 4. The van der Waals surface area contributed by atoms with E-state index >= 15 is 0 Å². The monoisotopic (exact) mass is 654 g/mol. The number of aryl methyl sites for hydroxylation is 1. The first kappa shape index (κ1) is 32.1. The fourth-order valence-corrected chi connectivity index (χ4v) is 7.87. The molecule has 48 heavy (non-hydrogen) atoms. The Morgan fingerprint density at radius 3 is 2.48 bits per heavy atom. The van der Waals surface area contributed by atoms with Gasteiger partial charge in [0.05, 0.1) is 29.0 Å². The van der Waals surface area contributed by atoms with Crippen LogP contribution >= 0.6 is 0 Å². The molecule has 0 aliphatic carbocycles. The molecular formula is C37H42N4O7. The molecule has 6 heterocycles. The number of hydrogen-bond acceptors (Lipinski definition) is 9. The van der Waals surface area contributed by atoms with Gasteiger partial charge in [-0.25, -0.2) is 19.4 Å². The molecular weight excluding hydrogens is 612 g/mol. The van der Waals surface area contributed by atoms with E-state index in [1.807, 2.05) is 19.1 Å². The van der Waals surface area contributed by atoms with Gasteiger partial charge in [-0.2, -0.15) is 0 Å². The standard InChI is InChI=1S/C37H42N4O7/c1-5-25-26-18-24(47-36(45)40-16-12-23(13-17-40)39-14-8-7-9-15-39)10-11-30(26)38-32-27(25)20-41-31(32)19-29-28(33(41)42)21-46-35(44)37(29,6-2)48-34(43)22(3)4/h10-11,18-19,23H,3,5-9,12-17,20-21H2,1-2,4H3. The second kappa shape index (κ2) is 12.5. The molecule has 4 aliphatic heterocycles. The van der Waals surface area contributed by atoms with E-state index in [2.05, 4.69) is 11.5 Å². The first-order chi connectivity index (χ1) is 23.1. The van der Waals surface area contributed by atoms with Crippen LogP contribution in [0.1, 0.15) is 81.5 Å². The molecule has 1 atom stereocenters. The Kier molecular flexibility index (Phi) is 8.35. The summed E-state index contributed by atoms with van der Waals surface area (Å²) in [5, 5.41) is 0.854. The Balaban J connectivity index is 1.19. The van der Waals surface area contributed by atoms with Crippen molar-refractivity contribution in [2.24, 2.45) is 0 Å². The highest BCUT2D eigenvalue weighted by Crippen LogP contribution is 2.42. The fraction of sp³-hybridized carbons (Fsp3) is 0.486. The number of carbonyl (C=O) groups is 3. The first-order valence-corrected chi connectivity index (χ1v) is 17.1. The number of pyridine rings is 2. The lowest BCUT2D eigenvalue weighted by Gasteiger charge is -2.39. The van der Waals surface area contributed by atoms with Gasteiger partial charge in [0, 0.05) is 41.2 Å². The Hall–Kier alpha value is -4.51. The van der Waals surface area contributed by atoms with Crippen LogP contribution in [0.3, 0.4) is 0 Å². The molecule has 0 spiro atoms. The third-order valence-corrected chi connectivity index (χ3v) is 10.5. The van der Waals surface area contributed by atoms with Gasteiger partial charge in [-0.05, 0) is 88.4 Å². The predicted octanol–water partition coefficient (Wildman–Crippen LogP) is 5.22. The van der Waals surface area contributed by atoms with Gasteiger partial charge in [0.25, 0.3) is 5.56 Å². The van der Waals surface area contributed by atoms with Crippen molar-refractivity contribution < 1.29 is 28.6 Å². The normalized spacial score (nSPS) is 20.9. The molecule has 0 radical (unpaired) electrons. The van der Waals surface area contributed by atoms with E-state index in [0.29, 0.717) is 53.8 Å². The number of benzene rings is 1. The average molecular weight is 655 g/mol. The van der Waals surface area contributed by atoms with Crippen molar-refractivity contribution in [2.45, 2.75) is 90.5 Å². The second-order valence-electron chi connectivity index (χ2n) is 13.4. The number of piperidine rings is 2. The van der Waals surface area contributed by atoms with E-state index in [1.165, 1.54) is 26.2 Å². The molecule has 4 aliphatic rings. The van der Waals surface area contributed by atoms with Crippen LogP contribution in [-0.2, 0) is 44.2 Å². The molecule has 1 unspecified atom stereocenters. The van der Waals surface area contributed by atoms with Gasteiger partial charge in [-0.15, -0.1) is 0 Å². The van der Waals surface area contributed by atoms with Crippen LogP contribution in [0.15, 0.2) is 41.2 Å². The summed E-state index contributed by atoms with van der Waals surface area (Å²) in [5.74, 6) is -1.00. The minimum atomic E-state index is -1.77. The number of cyclic esters (lactones) is 1. The topological polar surface area (TPSA) is 120 Å². The smallest absolute Gasteiger partial charge is 0.415 e. The zero-order chi connectivity index (χ0) is 33.7. The van der Waals surface area contributed by atoms with E-state index in [1.54, 1.807) is 28.5 Å². The van der Waals surface area contributed by atoms with Crippen molar-refractivity contribution in [1.82, 2.24) is 19.4 Å². The van der Waals surface area contributed by atoms with E-state index in [0.717, 1.165) is 42.4 Å². The number of amides is 1. The third-order valence-electron chi connectivity index (χ3n) is 10.5. The molecule has 2 fully saturated rings. The first-order valence-electron chi connectivity index (χ1n) is 17.1. The summed E-state index contributed by atoms with van der Waals surface area (Å²) in [6, 6.07) is 7.74. The highest BCUT2D eigenvalue weighted by molar-refractivity contribution is 5.93. The van der Waals surface area contributed by atoms with Gasteiger partial charge < -0.3 is 28.6 Å². The van der Waals surface area contributed by atoms with Crippen molar-refractivity contribution in [1.29, 1.82) is 0 Å². The SMILES string of the molecule is C=C(C)C(=O)OC1(CC)C(=O)OCc2c1cc1n(c2=O)Cc2c-1nc1ccc(OC(=O)N3CCC(N4CCCCC4)CC3)cc1c2CC. The quantitative estimate of drug-likeness (QED) is 0.204. The van der Waals surface area contributed by atoms with Crippen molar-refractivity contribution in [3.8, 4) is 17.1 Å². The summed E-state index contributed by atoms with van der Waals surface area (Å²) in [6.45, 7) is 12.7. The summed E-state index contributed by atoms with van der Waals surface area (Å²) in [5.41, 5.74) is 2.41. The molecule has 2 aromatic heterocycles. The molecule has 11 heteroatoms. The van der Waals surface area contributed by atoms with Gasteiger partial charge in [0.2, 0.25) is 5.60 Å². The fourth-order valence-electron chi connectivity index (χ4n) is 7.87. The molecule has 2 saturated heterocycles. The molecule has 7 rings (SSSR count). The van der Waals surface area contributed by atoms with Crippen molar-refractivity contribution in [2.75, 3.05) is 26.2 Å². The number of rotatable bonds is 6. The van der Waals surface area contributed by atoms with Gasteiger partial charge in [0.15, 0.2) is 0 Å². The molecule has 0 bridgehead atoms. The summed E-state index contributed by atoms with van der Waals surface area (Å²) < 4.78 is 18.7. The van der Waals surface area contributed by atoms with Crippen LogP contribution in [0, 0.1) is 0 Å². The highest BCUT2D eigenvalue weighted by atomic mass is 16.6. The van der Waals surface area contributed by atoms with Crippen LogP contribution in [0.4, 0.5) is 4.79 Å². The number of carbonyl (C=O) groups excluding carboxylic acids is 3. The maximum absolute atomic E-state index is 14.0. The molecule has 252 valence electrons. The summed E-state index contributed by atoms with van der Waals surface area (Å²) in [6.07, 6.45) is 6.14. The summed E-state index contributed by atoms with van der Waals surface area (Å²) in [4.78, 5) is 62.4. The van der Waals surface area contributed by atoms with Crippen LogP contribution in [0.5, 0.6) is 5.75 Å². The van der Waals surface area contributed by atoms with Crippen molar-refractivity contribution in [3.05, 3.63) is 69.0 Å². The zero-order valence-corrected chi connectivity index (χ0v) is 27.9. The lowest BCUT2D eigenvalue weighted by atomic mass is 9.85. The van der Waals surface area contributed by atoms with Crippen molar-refractivity contribution in [3.63, 3.8) is 0 Å². The lowest BCUT2D eigenvalue weighted by Crippen LogP contribution is -2.48. The molecule has 0 N–H and O–H groups in total. The number of esters is 2. The molecule has 3 aromatic rings. The molecule has 11 nitrogen and oxygen atoms in total. The third kappa shape index (κ3) is 5.28. The Labute approximate surface area is 279 Å². The largest absolute Gasteiger partial charge is 0.457 e. The number of likely N-dealkylation sites (tertiary alicyclic amines) is 2. The number of ether oxygens (including phenoxy) is 3. The molecule has 0 saturated carbocycles. The van der Waals surface area contributed by atoms with E-state index in [-0.39, 0.29) is 42.4 Å². The van der Waals surface area contributed by atoms with E-state index < -0.39 is 17.5 Å². The predicted molar refractivity (Wildman–Crippen MR) is 179 cm³/mol. The van der Waals surface area contributed by atoms with E-state index in [4.69, 9.17) is 19.2 Å². The second-order valence-corrected chi connectivity index (χ2v) is 13.4. The van der Waals surface area contributed by atoms with Gasteiger partial charge >= 0.3 is 18.0 Å². The minimum absolute atomic E-state index is 0.0803.